The first-order chi connectivity index (χ1) is 14.1. The summed E-state index contributed by atoms with van der Waals surface area (Å²) in [5, 5.41) is 3.74. The van der Waals surface area contributed by atoms with E-state index in [1.165, 1.54) is 4.31 Å². The number of morpholine rings is 1. The average molecular weight is 411 g/mol. The normalized spacial score (nSPS) is 15.3. The number of ether oxygens (including phenoxy) is 1. The van der Waals surface area contributed by atoms with E-state index >= 15 is 0 Å². The molecule has 0 radical (unpaired) electrons. The Morgan fingerprint density at radius 1 is 1.00 bits per heavy atom. The van der Waals surface area contributed by atoms with E-state index in [1.54, 1.807) is 30.3 Å². The lowest BCUT2D eigenvalue weighted by molar-refractivity contribution is 0.0730. The van der Waals surface area contributed by atoms with Crippen LogP contribution in [0.3, 0.4) is 0 Å². The summed E-state index contributed by atoms with van der Waals surface area (Å²) in [4.78, 5) is 17.2. The molecule has 0 bridgehead atoms. The summed E-state index contributed by atoms with van der Waals surface area (Å²) in [6.07, 6.45) is 0. The highest BCUT2D eigenvalue weighted by molar-refractivity contribution is 7.89. The molecule has 2 heterocycles. The molecule has 1 saturated heterocycles. The van der Waals surface area contributed by atoms with Crippen LogP contribution < -0.4 is 5.32 Å². The Kier molecular flexibility index (Phi) is 5.57. The fraction of sp³-hybridized carbons (Fsp3) is 0.238. The van der Waals surface area contributed by atoms with Crippen molar-refractivity contribution in [2.24, 2.45) is 0 Å². The molecule has 1 aromatic heterocycles. The SMILES string of the molecule is O=C(NCc1ccccc1S(=O)(=O)N1CCOCC1)c1ccc2ccccc2n1. The second kappa shape index (κ2) is 8.28. The first-order valence-corrected chi connectivity index (χ1v) is 10.8. The number of fused-ring (bicyclic) bond motifs is 1. The number of amides is 1. The fourth-order valence-corrected chi connectivity index (χ4v) is 4.92. The number of pyridine rings is 1. The summed E-state index contributed by atoms with van der Waals surface area (Å²) in [5.74, 6) is -0.352. The van der Waals surface area contributed by atoms with Gasteiger partial charge in [0.05, 0.1) is 23.6 Å². The Labute approximate surface area is 169 Å². The summed E-state index contributed by atoms with van der Waals surface area (Å²) in [7, 11) is -3.65. The van der Waals surface area contributed by atoms with Crippen molar-refractivity contribution in [1.82, 2.24) is 14.6 Å². The molecule has 29 heavy (non-hydrogen) atoms. The van der Waals surface area contributed by atoms with Crippen molar-refractivity contribution in [3.63, 3.8) is 0 Å². The summed E-state index contributed by atoms with van der Waals surface area (Å²) in [6, 6.07) is 17.8. The van der Waals surface area contributed by atoms with Gasteiger partial charge in [-0.05, 0) is 23.8 Å². The van der Waals surface area contributed by atoms with E-state index in [9.17, 15) is 13.2 Å². The Bertz CT molecular complexity index is 1140. The average Bonchev–Trinajstić information content (AvgIpc) is 2.78. The lowest BCUT2D eigenvalue weighted by Crippen LogP contribution is -2.41. The molecule has 0 spiro atoms. The van der Waals surface area contributed by atoms with Crippen LogP contribution in [0, 0.1) is 0 Å². The predicted octanol–water partition coefficient (Wildman–Crippen LogP) is 2.19. The van der Waals surface area contributed by atoms with Crippen molar-refractivity contribution in [3.8, 4) is 0 Å². The van der Waals surface area contributed by atoms with Crippen molar-refractivity contribution in [2.75, 3.05) is 26.3 Å². The number of hydrogen-bond donors (Lipinski definition) is 1. The number of benzene rings is 2. The Balaban J connectivity index is 1.53. The number of para-hydroxylation sites is 1. The van der Waals surface area contributed by atoms with Gasteiger partial charge in [0.2, 0.25) is 10.0 Å². The van der Waals surface area contributed by atoms with Gasteiger partial charge < -0.3 is 10.1 Å². The first kappa shape index (κ1) is 19.5. The predicted molar refractivity (Wildman–Crippen MR) is 109 cm³/mol. The minimum atomic E-state index is -3.65. The van der Waals surface area contributed by atoms with Gasteiger partial charge in [0.1, 0.15) is 5.69 Å². The molecule has 1 aliphatic rings. The molecule has 150 valence electrons. The largest absolute Gasteiger partial charge is 0.379 e. The zero-order valence-corrected chi connectivity index (χ0v) is 16.6. The molecule has 2 aromatic carbocycles. The van der Waals surface area contributed by atoms with E-state index in [-0.39, 0.29) is 23.0 Å². The number of carbonyl (C=O) groups excluding carboxylic acids is 1. The van der Waals surface area contributed by atoms with Crippen LogP contribution in [-0.2, 0) is 21.3 Å². The fourth-order valence-electron chi connectivity index (χ4n) is 3.29. The van der Waals surface area contributed by atoms with Gasteiger partial charge in [-0.1, -0.05) is 42.5 Å². The number of aromatic nitrogens is 1. The molecule has 1 aliphatic heterocycles. The second-order valence-corrected chi connectivity index (χ2v) is 8.60. The van der Waals surface area contributed by atoms with Crippen LogP contribution in [0.1, 0.15) is 16.1 Å². The number of carbonyl (C=O) groups is 1. The van der Waals surface area contributed by atoms with Gasteiger partial charge in [0, 0.05) is 25.0 Å². The Morgan fingerprint density at radius 3 is 2.55 bits per heavy atom. The van der Waals surface area contributed by atoms with Crippen molar-refractivity contribution >= 4 is 26.8 Å². The van der Waals surface area contributed by atoms with Crippen molar-refractivity contribution in [3.05, 3.63) is 71.9 Å². The van der Waals surface area contributed by atoms with Crippen LogP contribution in [0.2, 0.25) is 0 Å². The van der Waals surface area contributed by atoms with E-state index < -0.39 is 10.0 Å². The minimum absolute atomic E-state index is 0.0904. The lowest BCUT2D eigenvalue weighted by Gasteiger charge is -2.27. The zero-order valence-electron chi connectivity index (χ0n) is 15.7. The second-order valence-electron chi connectivity index (χ2n) is 6.70. The van der Waals surface area contributed by atoms with Crippen LogP contribution in [0.5, 0.6) is 0 Å². The summed E-state index contributed by atoms with van der Waals surface area (Å²) >= 11 is 0. The maximum atomic E-state index is 13.0. The van der Waals surface area contributed by atoms with Gasteiger partial charge in [-0.15, -0.1) is 0 Å². The Morgan fingerprint density at radius 2 is 1.72 bits per heavy atom. The minimum Gasteiger partial charge on any atom is -0.379 e. The summed E-state index contributed by atoms with van der Waals surface area (Å²) < 4.78 is 32.7. The van der Waals surface area contributed by atoms with Crippen molar-refractivity contribution < 1.29 is 17.9 Å². The number of hydrogen-bond acceptors (Lipinski definition) is 5. The quantitative estimate of drug-likeness (QED) is 0.695. The molecule has 3 aromatic rings. The molecule has 4 rings (SSSR count). The molecule has 1 N–H and O–H groups in total. The first-order valence-electron chi connectivity index (χ1n) is 9.35. The molecule has 0 aliphatic carbocycles. The molecular formula is C21H21N3O4S. The number of rotatable bonds is 5. The molecule has 8 heteroatoms. The van der Waals surface area contributed by atoms with Gasteiger partial charge in [0.15, 0.2) is 0 Å². The van der Waals surface area contributed by atoms with E-state index in [4.69, 9.17) is 4.74 Å². The highest BCUT2D eigenvalue weighted by Gasteiger charge is 2.28. The van der Waals surface area contributed by atoms with Gasteiger partial charge in [-0.3, -0.25) is 4.79 Å². The maximum absolute atomic E-state index is 13.0. The number of nitrogens with one attached hydrogen (secondary N) is 1. The zero-order chi connectivity index (χ0) is 20.3. The number of nitrogens with zero attached hydrogens (tertiary/aromatic N) is 2. The third-order valence-corrected chi connectivity index (χ3v) is 6.83. The van der Waals surface area contributed by atoms with Crippen LogP contribution in [0.15, 0.2) is 65.6 Å². The van der Waals surface area contributed by atoms with Crippen LogP contribution in [0.25, 0.3) is 10.9 Å². The van der Waals surface area contributed by atoms with Gasteiger partial charge in [0.25, 0.3) is 5.91 Å². The number of sulfonamides is 1. The summed E-state index contributed by atoms with van der Waals surface area (Å²) in [6.45, 7) is 1.50. The van der Waals surface area contributed by atoms with Crippen molar-refractivity contribution in [2.45, 2.75) is 11.4 Å². The highest BCUT2D eigenvalue weighted by Crippen LogP contribution is 2.21. The molecule has 7 nitrogen and oxygen atoms in total. The van der Waals surface area contributed by atoms with Crippen LogP contribution in [-0.4, -0.2) is 49.9 Å². The van der Waals surface area contributed by atoms with Gasteiger partial charge in [-0.2, -0.15) is 4.31 Å². The van der Waals surface area contributed by atoms with Crippen LogP contribution >= 0.6 is 0 Å². The van der Waals surface area contributed by atoms with Crippen molar-refractivity contribution in [1.29, 1.82) is 0 Å². The van der Waals surface area contributed by atoms with Crippen LogP contribution in [0.4, 0.5) is 0 Å². The molecule has 1 fully saturated rings. The van der Waals surface area contributed by atoms with Gasteiger partial charge in [-0.25, -0.2) is 13.4 Å². The molecule has 1 amide bonds. The monoisotopic (exact) mass is 411 g/mol. The van der Waals surface area contributed by atoms with E-state index in [0.29, 0.717) is 31.9 Å². The standard InChI is InChI=1S/C21H21N3O4S/c25-21(19-10-9-16-5-1-3-7-18(16)23-19)22-15-17-6-2-4-8-20(17)29(26,27)24-11-13-28-14-12-24/h1-10H,11-15H2,(H,22,25). The lowest BCUT2D eigenvalue weighted by atomic mass is 10.2. The molecular weight excluding hydrogens is 390 g/mol. The van der Waals surface area contributed by atoms with E-state index in [0.717, 1.165) is 10.9 Å². The third-order valence-electron chi connectivity index (χ3n) is 4.83. The third kappa shape index (κ3) is 4.14. The molecule has 0 saturated carbocycles. The summed E-state index contributed by atoms with van der Waals surface area (Å²) in [5.41, 5.74) is 1.56. The van der Waals surface area contributed by atoms with E-state index in [1.807, 2.05) is 30.3 Å². The Hall–Kier alpha value is -2.81. The maximum Gasteiger partial charge on any atom is 0.270 e. The smallest absolute Gasteiger partial charge is 0.270 e. The van der Waals surface area contributed by atoms with E-state index in [2.05, 4.69) is 10.3 Å². The highest BCUT2D eigenvalue weighted by atomic mass is 32.2. The van der Waals surface area contributed by atoms with Gasteiger partial charge >= 0.3 is 0 Å². The molecule has 0 unspecified atom stereocenters. The molecule has 0 atom stereocenters. The topological polar surface area (TPSA) is 88.6 Å².